The van der Waals surface area contributed by atoms with Crippen molar-refractivity contribution in [3.8, 4) is 0 Å². The number of aromatic nitrogens is 1. The molecule has 0 bridgehead atoms. The van der Waals surface area contributed by atoms with Crippen LogP contribution in [-0.4, -0.2) is 47.8 Å². The highest BCUT2D eigenvalue weighted by atomic mass is 35.5. The van der Waals surface area contributed by atoms with E-state index in [1.165, 1.54) is 43.4 Å². The molecule has 0 atom stereocenters. The molecule has 1 aliphatic rings. The third kappa shape index (κ3) is 5.80. The summed E-state index contributed by atoms with van der Waals surface area (Å²) in [6.07, 6.45) is 5.51. The fraction of sp³-hybridized carbons (Fsp3) is 0.370. The average molecular weight is 541 g/mol. The Labute approximate surface area is 224 Å². The number of hydrazine groups is 1. The molecule has 1 N–H and O–H groups in total. The fourth-order valence-corrected chi connectivity index (χ4v) is 4.65. The number of furan rings is 1. The van der Waals surface area contributed by atoms with Crippen molar-refractivity contribution < 1.29 is 28.3 Å². The zero-order valence-corrected chi connectivity index (χ0v) is 22.2. The van der Waals surface area contributed by atoms with Crippen LogP contribution in [0.15, 0.2) is 40.9 Å². The molecule has 0 unspecified atom stereocenters. The molecule has 3 aromatic rings. The van der Waals surface area contributed by atoms with Crippen molar-refractivity contribution >= 4 is 57.8 Å². The highest BCUT2D eigenvalue weighted by Gasteiger charge is 2.34. The van der Waals surface area contributed by atoms with E-state index in [-0.39, 0.29) is 47.0 Å². The van der Waals surface area contributed by atoms with Gasteiger partial charge in [0.2, 0.25) is 11.8 Å². The average Bonchev–Trinajstić information content (AvgIpc) is 3.36. The predicted molar refractivity (Wildman–Crippen MR) is 142 cm³/mol. The third-order valence-corrected chi connectivity index (χ3v) is 6.85. The molecule has 2 aromatic heterocycles. The third-order valence-electron chi connectivity index (χ3n) is 6.63. The molecule has 200 valence electrons. The number of hydrogen-bond acceptors (Lipinski definition) is 7. The standard InChI is InChI=1S/C27H29ClN4O6/c1-16(33)31(2)32(27(36)17-7-5-4-6-8-17)24-18(14-23(34)37-3)9-10-19-13-21(38-25(19)24)26(35)30-22-12-11-20(28)15-29-22/h9-13,15,17H,4-8,14H2,1-3H3,(H,29,30,35). The van der Waals surface area contributed by atoms with E-state index in [0.29, 0.717) is 28.8 Å². The molecule has 10 nitrogen and oxygen atoms in total. The Hall–Kier alpha value is -3.92. The second kappa shape index (κ2) is 11.6. The smallest absolute Gasteiger partial charge is 0.310 e. The molecule has 4 rings (SSSR count). The normalized spacial score (nSPS) is 13.7. The molecule has 2 heterocycles. The molecule has 1 aromatic carbocycles. The van der Waals surface area contributed by atoms with Gasteiger partial charge < -0.3 is 14.5 Å². The summed E-state index contributed by atoms with van der Waals surface area (Å²) in [6, 6.07) is 8.03. The minimum Gasteiger partial charge on any atom is -0.469 e. The Balaban J connectivity index is 1.83. The molecule has 1 fully saturated rings. The maximum absolute atomic E-state index is 13.9. The number of halogens is 1. The number of rotatable bonds is 6. The zero-order chi connectivity index (χ0) is 27.4. The van der Waals surface area contributed by atoms with Crippen molar-refractivity contribution in [2.75, 3.05) is 24.5 Å². The fourth-order valence-electron chi connectivity index (χ4n) is 4.54. The van der Waals surface area contributed by atoms with E-state index in [0.717, 1.165) is 19.3 Å². The van der Waals surface area contributed by atoms with Crippen LogP contribution in [0.4, 0.5) is 11.5 Å². The predicted octanol–water partition coefficient (Wildman–Crippen LogP) is 4.76. The second-order valence-corrected chi connectivity index (χ2v) is 9.64. The van der Waals surface area contributed by atoms with Gasteiger partial charge in [-0.1, -0.05) is 43.0 Å². The quantitative estimate of drug-likeness (QED) is 0.353. The summed E-state index contributed by atoms with van der Waals surface area (Å²) in [5, 5.41) is 6.08. The summed E-state index contributed by atoms with van der Waals surface area (Å²) in [5.41, 5.74) is 0.838. The first-order chi connectivity index (χ1) is 18.2. The summed E-state index contributed by atoms with van der Waals surface area (Å²) in [5.74, 6) is -1.80. The van der Waals surface area contributed by atoms with Gasteiger partial charge in [0.05, 0.1) is 18.6 Å². The van der Waals surface area contributed by atoms with Gasteiger partial charge in [-0.15, -0.1) is 0 Å². The van der Waals surface area contributed by atoms with Gasteiger partial charge in [0.15, 0.2) is 11.3 Å². The number of ether oxygens (including phenoxy) is 1. The lowest BCUT2D eigenvalue weighted by molar-refractivity contribution is -0.139. The molecular formula is C27H29ClN4O6. The van der Waals surface area contributed by atoms with Crippen LogP contribution in [0.5, 0.6) is 0 Å². The van der Waals surface area contributed by atoms with Gasteiger partial charge >= 0.3 is 5.97 Å². The SMILES string of the molecule is COC(=O)Cc1ccc2cc(C(=O)Nc3ccc(Cl)cn3)oc2c1N(C(=O)C1CCCCC1)N(C)C(C)=O. The Morgan fingerprint density at radius 2 is 1.87 bits per heavy atom. The molecule has 0 aliphatic heterocycles. The molecule has 0 radical (unpaired) electrons. The number of anilines is 2. The van der Waals surface area contributed by atoms with E-state index >= 15 is 0 Å². The van der Waals surface area contributed by atoms with Gasteiger partial charge in [0.1, 0.15) is 11.5 Å². The lowest BCUT2D eigenvalue weighted by atomic mass is 9.88. The van der Waals surface area contributed by atoms with Crippen molar-refractivity contribution in [1.82, 2.24) is 9.99 Å². The van der Waals surface area contributed by atoms with Gasteiger partial charge in [0.25, 0.3) is 5.91 Å². The summed E-state index contributed by atoms with van der Waals surface area (Å²) in [7, 11) is 2.76. The number of nitrogens with one attached hydrogen (secondary N) is 1. The van der Waals surface area contributed by atoms with Crippen LogP contribution in [0.1, 0.15) is 55.1 Å². The number of amides is 3. The highest BCUT2D eigenvalue weighted by Crippen LogP contribution is 2.37. The van der Waals surface area contributed by atoms with E-state index in [1.807, 2.05) is 0 Å². The number of methoxy groups -OCH3 is 1. The monoisotopic (exact) mass is 540 g/mol. The maximum atomic E-state index is 13.9. The minimum absolute atomic E-state index is 0.0382. The van der Waals surface area contributed by atoms with E-state index < -0.39 is 11.9 Å². The number of nitrogens with zero attached hydrogens (tertiary/aromatic N) is 3. The Bertz CT molecular complexity index is 1360. The summed E-state index contributed by atoms with van der Waals surface area (Å²) in [4.78, 5) is 55.8. The van der Waals surface area contributed by atoms with E-state index in [9.17, 15) is 19.2 Å². The highest BCUT2D eigenvalue weighted by molar-refractivity contribution is 6.30. The molecule has 1 saturated carbocycles. The molecule has 38 heavy (non-hydrogen) atoms. The lowest BCUT2D eigenvalue weighted by Crippen LogP contribution is -2.50. The van der Waals surface area contributed by atoms with Gasteiger partial charge in [-0.2, -0.15) is 0 Å². The zero-order valence-electron chi connectivity index (χ0n) is 21.5. The van der Waals surface area contributed by atoms with E-state index in [2.05, 4.69) is 10.3 Å². The van der Waals surface area contributed by atoms with Crippen molar-refractivity contribution in [2.45, 2.75) is 45.4 Å². The molecule has 11 heteroatoms. The van der Waals surface area contributed by atoms with Gasteiger partial charge in [-0.3, -0.25) is 24.2 Å². The Morgan fingerprint density at radius 3 is 2.50 bits per heavy atom. The Kier molecular flexibility index (Phi) is 8.31. The summed E-state index contributed by atoms with van der Waals surface area (Å²) < 4.78 is 10.9. The van der Waals surface area contributed by atoms with Crippen LogP contribution >= 0.6 is 11.6 Å². The van der Waals surface area contributed by atoms with E-state index in [4.69, 9.17) is 20.8 Å². The number of carbonyl (C=O) groups is 4. The van der Waals surface area contributed by atoms with Crippen LogP contribution in [-0.2, 0) is 25.5 Å². The largest absolute Gasteiger partial charge is 0.469 e. The van der Waals surface area contributed by atoms with Crippen LogP contribution in [0.3, 0.4) is 0 Å². The number of benzene rings is 1. The molecular weight excluding hydrogens is 512 g/mol. The number of hydrogen-bond donors (Lipinski definition) is 1. The summed E-state index contributed by atoms with van der Waals surface area (Å²) >= 11 is 5.87. The first-order valence-electron chi connectivity index (χ1n) is 12.3. The van der Waals surface area contributed by atoms with Gasteiger partial charge in [-0.05, 0) is 36.6 Å². The number of fused-ring (bicyclic) bond motifs is 1. The molecule has 3 amide bonds. The van der Waals surface area contributed by atoms with Crippen molar-refractivity contribution in [2.24, 2.45) is 5.92 Å². The first kappa shape index (κ1) is 27.1. The first-order valence-corrected chi connectivity index (χ1v) is 12.7. The van der Waals surface area contributed by atoms with Crippen LogP contribution in [0.2, 0.25) is 5.02 Å². The number of esters is 1. The van der Waals surface area contributed by atoms with Crippen LogP contribution in [0.25, 0.3) is 11.0 Å². The number of pyridine rings is 1. The maximum Gasteiger partial charge on any atom is 0.310 e. The van der Waals surface area contributed by atoms with Crippen molar-refractivity contribution in [3.05, 3.63) is 52.9 Å². The molecule has 0 spiro atoms. The van der Waals surface area contributed by atoms with Crippen molar-refractivity contribution in [3.63, 3.8) is 0 Å². The van der Waals surface area contributed by atoms with Crippen molar-refractivity contribution in [1.29, 1.82) is 0 Å². The molecule has 1 aliphatic carbocycles. The Morgan fingerprint density at radius 1 is 1.13 bits per heavy atom. The summed E-state index contributed by atoms with van der Waals surface area (Å²) in [6.45, 7) is 1.35. The topological polar surface area (TPSA) is 122 Å². The van der Waals surface area contributed by atoms with E-state index in [1.54, 1.807) is 24.3 Å². The van der Waals surface area contributed by atoms with Crippen LogP contribution in [0, 0.1) is 5.92 Å². The second-order valence-electron chi connectivity index (χ2n) is 9.20. The minimum atomic E-state index is -0.568. The molecule has 0 saturated heterocycles. The number of carbonyl (C=O) groups excluding carboxylic acids is 4. The van der Waals surface area contributed by atoms with Crippen LogP contribution < -0.4 is 10.3 Å². The van der Waals surface area contributed by atoms with Gasteiger partial charge in [-0.25, -0.2) is 9.99 Å². The lowest BCUT2D eigenvalue weighted by Gasteiger charge is -2.35. The van der Waals surface area contributed by atoms with Gasteiger partial charge in [0, 0.05) is 31.5 Å².